The van der Waals surface area contributed by atoms with Gasteiger partial charge in [-0.1, -0.05) is 11.6 Å². The van der Waals surface area contributed by atoms with Crippen molar-refractivity contribution < 1.29 is 14.3 Å². The molecular formula is C13H12ClN3O3S. The van der Waals surface area contributed by atoms with E-state index in [-0.39, 0.29) is 10.8 Å². The molecule has 0 aliphatic carbocycles. The van der Waals surface area contributed by atoms with Gasteiger partial charge in [0.15, 0.2) is 0 Å². The summed E-state index contributed by atoms with van der Waals surface area (Å²) < 4.78 is 4.95. The summed E-state index contributed by atoms with van der Waals surface area (Å²) in [6.45, 7) is 3.81. The van der Waals surface area contributed by atoms with Gasteiger partial charge in [-0.2, -0.15) is 0 Å². The molecule has 21 heavy (non-hydrogen) atoms. The van der Waals surface area contributed by atoms with Gasteiger partial charge in [-0.3, -0.25) is 9.78 Å². The highest BCUT2D eigenvalue weighted by atomic mass is 35.5. The number of aryl methyl sites for hydroxylation is 1. The molecule has 2 heterocycles. The quantitative estimate of drug-likeness (QED) is 0.874. The van der Waals surface area contributed by atoms with Gasteiger partial charge >= 0.3 is 5.97 Å². The largest absolute Gasteiger partial charge is 0.462 e. The number of nitrogens with one attached hydrogen (secondary N) is 1. The first kappa shape index (κ1) is 15.4. The number of hydrogen-bond donors (Lipinski definition) is 1. The van der Waals surface area contributed by atoms with Crippen LogP contribution in [0, 0.1) is 6.92 Å². The van der Waals surface area contributed by atoms with Crippen molar-refractivity contribution in [2.24, 2.45) is 0 Å². The van der Waals surface area contributed by atoms with Crippen LogP contribution in [-0.2, 0) is 4.74 Å². The van der Waals surface area contributed by atoms with Gasteiger partial charge in [0.1, 0.15) is 15.7 Å². The number of ether oxygens (including phenoxy) is 1. The number of esters is 1. The topological polar surface area (TPSA) is 81.2 Å². The third-order valence-corrected chi connectivity index (χ3v) is 3.77. The summed E-state index contributed by atoms with van der Waals surface area (Å²) in [6, 6.07) is 1.70. The smallest absolute Gasteiger partial charge is 0.348 e. The lowest BCUT2D eigenvalue weighted by molar-refractivity contribution is 0.0531. The molecular weight excluding hydrogens is 314 g/mol. The summed E-state index contributed by atoms with van der Waals surface area (Å²) in [5.74, 6) is -0.843. The fourth-order valence-electron chi connectivity index (χ4n) is 1.57. The molecule has 0 saturated heterocycles. The standard InChI is InChI=1S/C13H12ClN3O3S/c1-3-20-13(19)11-7(2)4-10(21-11)17-12(18)8-5-15-6-9(14)16-8/h4-6H,3H2,1-2H3,(H,17,18). The summed E-state index contributed by atoms with van der Waals surface area (Å²) in [7, 11) is 0. The second kappa shape index (κ2) is 6.64. The third kappa shape index (κ3) is 3.77. The number of thiophene rings is 1. The van der Waals surface area contributed by atoms with Crippen LogP contribution in [0.3, 0.4) is 0 Å². The Bertz CT molecular complexity index is 687. The van der Waals surface area contributed by atoms with Crippen molar-refractivity contribution in [3.8, 4) is 0 Å². The monoisotopic (exact) mass is 325 g/mol. The highest BCUT2D eigenvalue weighted by Gasteiger charge is 2.17. The molecule has 0 aliphatic rings. The normalized spacial score (nSPS) is 10.2. The SMILES string of the molecule is CCOC(=O)c1sc(NC(=O)c2cncc(Cl)n2)cc1C. The van der Waals surface area contributed by atoms with Gasteiger partial charge in [0.25, 0.3) is 5.91 Å². The summed E-state index contributed by atoms with van der Waals surface area (Å²) in [5, 5.41) is 3.32. The number of anilines is 1. The van der Waals surface area contributed by atoms with Crippen molar-refractivity contribution in [2.75, 3.05) is 11.9 Å². The van der Waals surface area contributed by atoms with E-state index in [1.807, 2.05) is 0 Å². The van der Waals surface area contributed by atoms with Gasteiger partial charge in [0.2, 0.25) is 0 Å². The van der Waals surface area contributed by atoms with E-state index in [0.717, 1.165) is 16.9 Å². The van der Waals surface area contributed by atoms with E-state index in [1.165, 1.54) is 12.4 Å². The molecule has 0 bridgehead atoms. The molecule has 1 N–H and O–H groups in total. The molecule has 8 heteroatoms. The molecule has 0 spiro atoms. The summed E-state index contributed by atoms with van der Waals surface area (Å²) in [6.07, 6.45) is 2.65. The van der Waals surface area contributed by atoms with E-state index in [9.17, 15) is 9.59 Å². The van der Waals surface area contributed by atoms with E-state index in [4.69, 9.17) is 16.3 Å². The number of carbonyl (C=O) groups excluding carboxylic acids is 2. The van der Waals surface area contributed by atoms with Gasteiger partial charge in [-0.15, -0.1) is 11.3 Å². The average molecular weight is 326 g/mol. The Morgan fingerprint density at radius 2 is 2.19 bits per heavy atom. The number of halogens is 1. The Labute approximate surface area is 130 Å². The first-order valence-corrected chi connectivity index (χ1v) is 7.27. The van der Waals surface area contributed by atoms with Crippen LogP contribution in [0.2, 0.25) is 5.15 Å². The Hall–Kier alpha value is -1.99. The van der Waals surface area contributed by atoms with Crippen molar-refractivity contribution >= 4 is 39.8 Å². The van der Waals surface area contributed by atoms with Crippen LogP contribution >= 0.6 is 22.9 Å². The number of amides is 1. The molecule has 0 fully saturated rings. The predicted molar refractivity (Wildman–Crippen MR) is 80.0 cm³/mol. The zero-order valence-corrected chi connectivity index (χ0v) is 12.9. The first-order valence-electron chi connectivity index (χ1n) is 6.07. The highest BCUT2D eigenvalue weighted by Crippen LogP contribution is 2.27. The van der Waals surface area contributed by atoms with E-state index >= 15 is 0 Å². The van der Waals surface area contributed by atoms with Crippen LogP contribution in [0.15, 0.2) is 18.5 Å². The molecule has 0 radical (unpaired) electrons. The molecule has 2 aromatic heterocycles. The number of rotatable bonds is 4. The molecule has 6 nitrogen and oxygen atoms in total. The van der Waals surface area contributed by atoms with Gasteiger partial charge in [-0.05, 0) is 25.5 Å². The number of nitrogens with zero attached hydrogens (tertiary/aromatic N) is 2. The van der Waals surface area contributed by atoms with E-state index in [1.54, 1.807) is 19.9 Å². The predicted octanol–water partition coefficient (Wildman–Crippen LogP) is 2.93. The maximum atomic E-state index is 12.0. The molecule has 0 unspecified atom stereocenters. The van der Waals surface area contributed by atoms with Crippen molar-refractivity contribution in [3.63, 3.8) is 0 Å². The molecule has 0 atom stereocenters. The molecule has 1 amide bonds. The second-order valence-corrected chi connectivity index (χ2v) is 5.46. The van der Waals surface area contributed by atoms with E-state index in [0.29, 0.717) is 16.5 Å². The number of hydrogen-bond acceptors (Lipinski definition) is 6. The molecule has 0 saturated carbocycles. The third-order valence-electron chi connectivity index (χ3n) is 2.45. The molecule has 2 aromatic rings. The van der Waals surface area contributed by atoms with Gasteiger partial charge < -0.3 is 10.1 Å². The van der Waals surface area contributed by atoms with Crippen molar-refractivity contribution in [2.45, 2.75) is 13.8 Å². The maximum absolute atomic E-state index is 12.0. The maximum Gasteiger partial charge on any atom is 0.348 e. The number of aromatic nitrogens is 2. The molecule has 0 aliphatic heterocycles. The van der Waals surface area contributed by atoms with Crippen molar-refractivity contribution in [1.29, 1.82) is 0 Å². The van der Waals surface area contributed by atoms with Crippen LogP contribution in [0.25, 0.3) is 0 Å². The van der Waals surface area contributed by atoms with Gasteiger partial charge in [0.05, 0.1) is 24.0 Å². The Morgan fingerprint density at radius 3 is 2.86 bits per heavy atom. The highest BCUT2D eigenvalue weighted by molar-refractivity contribution is 7.18. The fraction of sp³-hybridized carbons (Fsp3) is 0.231. The van der Waals surface area contributed by atoms with Gasteiger partial charge in [-0.25, -0.2) is 9.78 Å². The molecule has 0 aromatic carbocycles. The van der Waals surface area contributed by atoms with Crippen LogP contribution in [0.5, 0.6) is 0 Å². The van der Waals surface area contributed by atoms with E-state index in [2.05, 4.69) is 15.3 Å². The number of carbonyl (C=O) groups is 2. The van der Waals surface area contributed by atoms with Crippen molar-refractivity contribution in [3.05, 3.63) is 39.7 Å². The zero-order chi connectivity index (χ0) is 15.4. The Balaban J connectivity index is 2.15. The lowest BCUT2D eigenvalue weighted by atomic mass is 10.3. The molecule has 2 rings (SSSR count). The van der Waals surface area contributed by atoms with Crippen molar-refractivity contribution in [1.82, 2.24) is 9.97 Å². The minimum atomic E-state index is -0.443. The van der Waals surface area contributed by atoms with Crippen LogP contribution in [0.4, 0.5) is 5.00 Å². The minimum absolute atomic E-state index is 0.103. The van der Waals surface area contributed by atoms with Crippen LogP contribution < -0.4 is 5.32 Å². The lowest BCUT2D eigenvalue weighted by Gasteiger charge is -2.01. The summed E-state index contributed by atoms with van der Waals surface area (Å²) in [4.78, 5) is 31.8. The summed E-state index contributed by atoms with van der Waals surface area (Å²) in [5.41, 5.74) is 0.845. The minimum Gasteiger partial charge on any atom is -0.462 e. The second-order valence-electron chi connectivity index (χ2n) is 4.02. The molecule has 110 valence electrons. The van der Waals surface area contributed by atoms with Crippen LogP contribution in [0.1, 0.15) is 32.6 Å². The zero-order valence-electron chi connectivity index (χ0n) is 11.3. The lowest BCUT2D eigenvalue weighted by Crippen LogP contribution is -2.13. The fourth-order valence-corrected chi connectivity index (χ4v) is 2.68. The first-order chi connectivity index (χ1) is 10.0. The summed E-state index contributed by atoms with van der Waals surface area (Å²) >= 11 is 6.83. The Morgan fingerprint density at radius 1 is 1.43 bits per heavy atom. The Kier molecular flexibility index (Phi) is 4.87. The average Bonchev–Trinajstić information content (AvgIpc) is 2.80. The van der Waals surface area contributed by atoms with E-state index < -0.39 is 11.9 Å². The van der Waals surface area contributed by atoms with Crippen LogP contribution in [-0.4, -0.2) is 28.5 Å². The van der Waals surface area contributed by atoms with Gasteiger partial charge in [0, 0.05) is 0 Å².